The lowest BCUT2D eigenvalue weighted by Crippen LogP contribution is -2.37. The van der Waals surface area contributed by atoms with Crippen LogP contribution in [0.3, 0.4) is 0 Å². The van der Waals surface area contributed by atoms with Crippen LogP contribution in [0.2, 0.25) is 0 Å². The van der Waals surface area contributed by atoms with E-state index in [0.29, 0.717) is 17.8 Å². The van der Waals surface area contributed by atoms with E-state index < -0.39 is 11.6 Å². The molecule has 1 amide bonds. The minimum absolute atomic E-state index is 0.193. The van der Waals surface area contributed by atoms with Gasteiger partial charge in [0.1, 0.15) is 0 Å². The van der Waals surface area contributed by atoms with Crippen LogP contribution in [0.5, 0.6) is 0 Å². The van der Waals surface area contributed by atoms with Crippen LogP contribution in [0, 0.1) is 5.92 Å². The van der Waals surface area contributed by atoms with E-state index in [1.807, 2.05) is 30.3 Å². The summed E-state index contributed by atoms with van der Waals surface area (Å²) in [6, 6.07) is 12.7. The largest absolute Gasteiger partial charge is 0.469 e. The van der Waals surface area contributed by atoms with Gasteiger partial charge in [-0.25, -0.2) is 14.3 Å². The van der Waals surface area contributed by atoms with Gasteiger partial charge in [0, 0.05) is 19.3 Å². The van der Waals surface area contributed by atoms with E-state index >= 15 is 0 Å². The molecule has 0 spiro atoms. The third-order valence-corrected chi connectivity index (χ3v) is 4.26. The molecule has 0 bridgehead atoms. The number of carbonyl (C=O) groups excluding carboxylic acids is 2. The van der Waals surface area contributed by atoms with Crippen LogP contribution < -0.4 is 5.69 Å². The second kappa shape index (κ2) is 7.86. The van der Waals surface area contributed by atoms with Gasteiger partial charge in [0.25, 0.3) is 5.91 Å². The number of benzene rings is 1. The highest BCUT2D eigenvalue weighted by molar-refractivity contribution is 5.94. The number of esters is 1. The molecule has 1 aromatic carbocycles. The number of H-pyrrole nitrogens is 1. The molecule has 2 heterocycles. The molecule has 8 heteroatoms. The van der Waals surface area contributed by atoms with Crippen LogP contribution >= 0.6 is 0 Å². The average molecular weight is 368 g/mol. The number of ether oxygens (including phenoxy) is 1. The monoisotopic (exact) mass is 368 g/mol. The summed E-state index contributed by atoms with van der Waals surface area (Å²) in [5.41, 5.74) is 1.27. The molecule has 0 saturated heterocycles. The topological polar surface area (TPSA) is 96.8 Å². The molecule has 140 valence electrons. The zero-order chi connectivity index (χ0) is 19.4. The van der Waals surface area contributed by atoms with Gasteiger partial charge in [-0.3, -0.25) is 9.59 Å². The zero-order valence-electron chi connectivity index (χ0n) is 15.1. The first-order chi connectivity index (χ1) is 13.0. The summed E-state index contributed by atoms with van der Waals surface area (Å²) in [6.07, 6.45) is 1.45. The van der Waals surface area contributed by atoms with E-state index in [9.17, 15) is 14.4 Å². The van der Waals surface area contributed by atoms with Crippen LogP contribution in [0.1, 0.15) is 22.8 Å². The Hall–Kier alpha value is -3.42. The van der Waals surface area contributed by atoms with Crippen LogP contribution in [0.25, 0.3) is 5.65 Å². The van der Waals surface area contributed by atoms with Crippen molar-refractivity contribution >= 4 is 17.5 Å². The third-order valence-electron chi connectivity index (χ3n) is 4.26. The van der Waals surface area contributed by atoms with Gasteiger partial charge in [0.2, 0.25) is 0 Å². The molecular weight excluding hydrogens is 348 g/mol. The van der Waals surface area contributed by atoms with Gasteiger partial charge in [-0.05, 0) is 17.7 Å². The van der Waals surface area contributed by atoms with Crippen LogP contribution in [-0.2, 0) is 16.1 Å². The second-order valence-electron chi connectivity index (χ2n) is 6.27. The van der Waals surface area contributed by atoms with E-state index in [0.717, 1.165) is 5.56 Å². The minimum Gasteiger partial charge on any atom is -0.469 e. The molecule has 3 rings (SSSR count). The van der Waals surface area contributed by atoms with Gasteiger partial charge in [-0.2, -0.15) is 5.10 Å². The summed E-state index contributed by atoms with van der Waals surface area (Å²) in [5, 5.41) is 6.19. The third kappa shape index (κ3) is 4.05. The van der Waals surface area contributed by atoms with Crippen LogP contribution in [0.15, 0.2) is 53.5 Å². The molecule has 0 aliphatic heterocycles. The summed E-state index contributed by atoms with van der Waals surface area (Å²) in [4.78, 5) is 38.3. The molecule has 27 heavy (non-hydrogen) atoms. The Morgan fingerprint density at radius 2 is 1.96 bits per heavy atom. The Kier molecular flexibility index (Phi) is 5.35. The number of fused-ring (bicyclic) bond motifs is 1. The molecule has 1 atom stereocenters. The summed E-state index contributed by atoms with van der Waals surface area (Å²) < 4.78 is 6.05. The van der Waals surface area contributed by atoms with E-state index in [1.54, 1.807) is 24.0 Å². The first-order valence-electron chi connectivity index (χ1n) is 8.47. The number of rotatable bonds is 6. The van der Waals surface area contributed by atoms with Crippen molar-refractivity contribution in [3.63, 3.8) is 0 Å². The predicted octanol–water partition coefficient (Wildman–Crippen LogP) is 1.47. The number of hydrogen-bond acceptors (Lipinski definition) is 5. The number of aromatic amines is 1. The lowest BCUT2D eigenvalue weighted by Gasteiger charge is -2.25. The molecule has 3 aromatic rings. The maximum atomic E-state index is 13.1. The Balaban J connectivity index is 1.91. The Labute approximate surface area is 155 Å². The van der Waals surface area contributed by atoms with Crippen molar-refractivity contribution in [3.8, 4) is 0 Å². The summed E-state index contributed by atoms with van der Waals surface area (Å²) in [5.74, 6) is -1.16. The number of pyridine rings is 1. The Morgan fingerprint density at radius 3 is 2.67 bits per heavy atom. The van der Waals surface area contributed by atoms with Crippen molar-refractivity contribution in [1.29, 1.82) is 0 Å². The van der Waals surface area contributed by atoms with E-state index in [2.05, 4.69) is 10.2 Å². The predicted molar refractivity (Wildman–Crippen MR) is 98.2 cm³/mol. The van der Waals surface area contributed by atoms with Gasteiger partial charge in [0.15, 0.2) is 5.65 Å². The fourth-order valence-corrected chi connectivity index (χ4v) is 2.84. The molecule has 2 aromatic heterocycles. The minimum atomic E-state index is -0.483. The fraction of sp³-hybridized carbons (Fsp3) is 0.263. The first-order valence-corrected chi connectivity index (χ1v) is 8.47. The molecule has 0 unspecified atom stereocenters. The van der Waals surface area contributed by atoms with Gasteiger partial charge in [-0.15, -0.1) is 0 Å². The van der Waals surface area contributed by atoms with Gasteiger partial charge in [-0.1, -0.05) is 37.3 Å². The molecule has 0 aliphatic rings. The van der Waals surface area contributed by atoms with Crippen molar-refractivity contribution in [3.05, 3.63) is 70.3 Å². The van der Waals surface area contributed by atoms with E-state index in [4.69, 9.17) is 4.74 Å². The van der Waals surface area contributed by atoms with Crippen molar-refractivity contribution in [2.75, 3.05) is 13.7 Å². The Morgan fingerprint density at radius 1 is 1.22 bits per heavy atom. The molecule has 0 saturated carbocycles. The normalized spacial score (nSPS) is 11.9. The van der Waals surface area contributed by atoms with Crippen molar-refractivity contribution in [2.45, 2.75) is 13.5 Å². The Bertz CT molecular complexity index is 1010. The first kappa shape index (κ1) is 18.4. The SMILES string of the molecule is COC(=O)[C@H](C)CN(Cc1ccccc1)C(=O)c1ccc2n[nH]c(=O)n2c1. The summed E-state index contributed by atoms with van der Waals surface area (Å²) in [7, 11) is 1.32. The second-order valence-corrected chi connectivity index (χ2v) is 6.27. The highest BCUT2D eigenvalue weighted by atomic mass is 16.5. The number of nitrogens with zero attached hydrogens (tertiary/aromatic N) is 3. The highest BCUT2D eigenvalue weighted by Gasteiger charge is 2.23. The quantitative estimate of drug-likeness (QED) is 0.665. The van der Waals surface area contributed by atoms with Gasteiger partial charge < -0.3 is 9.64 Å². The van der Waals surface area contributed by atoms with Crippen molar-refractivity contribution in [1.82, 2.24) is 19.5 Å². The molecule has 0 radical (unpaired) electrons. The van der Waals surface area contributed by atoms with Gasteiger partial charge >= 0.3 is 11.7 Å². The van der Waals surface area contributed by atoms with Crippen LogP contribution in [0.4, 0.5) is 0 Å². The lowest BCUT2D eigenvalue weighted by molar-refractivity contribution is -0.145. The average Bonchev–Trinajstić information content (AvgIpc) is 3.07. The van der Waals surface area contributed by atoms with Crippen LogP contribution in [-0.4, -0.2) is 45.0 Å². The number of nitrogens with one attached hydrogen (secondary N) is 1. The number of hydrogen-bond donors (Lipinski definition) is 1. The van der Waals surface area contributed by atoms with Gasteiger partial charge in [0.05, 0.1) is 18.6 Å². The smallest absolute Gasteiger partial charge is 0.347 e. The number of carbonyl (C=O) groups is 2. The van der Waals surface area contributed by atoms with E-state index in [1.165, 1.54) is 17.7 Å². The molecule has 0 aliphatic carbocycles. The number of aromatic nitrogens is 3. The molecular formula is C19H20N4O4. The molecule has 8 nitrogen and oxygen atoms in total. The maximum Gasteiger partial charge on any atom is 0.347 e. The van der Waals surface area contributed by atoms with Crippen molar-refractivity contribution in [2.24, 2.45) is 5.92 Å². The summed E-state index contributed by atoms with van der Waals surface area (Å²) in [6.45, 7) is 2.24. The highest BCUT2D eigenvalue weighted by Crippen LogP contribution is 2.14. The number of amides is 1. The van der Waals surface area contributed by atoms with E-state index in [-0.39, 0.29) is 18.4 Å². The molecule has 1 N–H and O–H groups in total. The van der Waals surface area contributed by atoms with Crippen molar-refractivity contribution < 1.29 is 14.3 Å². The lowest BCUT2D eigenvalue weighted by atomic mass is 10.1. The number of methoxy groups -OCH3 is 1. The fourth-order valence-electron chi connectivity index (χ4n) is 2.84. The zero-order valence-corrected chi connectivity index (χ0v) is 15.1. The standard InChI is InChI=1S/C19H20N4O4/c1-13(18(25)27-2)10-22(11-14-6-4-3-5-7-14)17(24)15-8-9-16-20-21-19(26)23(16)12-15/h3-9,12-13H,10-11H2,1-2H3,(H,21,26)/t13-/m1/s1. The maximum absolute atomic E-state index is 13.1. The molecule has 0 fully saturated rings. The summed E-state index contributed by atoms with van der Waals surface area (Å²) >= 11 is 0.